The third kappa shape index (κ3) is 2.72. The van der Waals surface area contributed by atoms with E-state index < -0.39 is 0 Å². The van der Waals surface area contributed by atoms with Crippen LogP contribution in [0.4, 0.5) is 4.39 Å². The molecule has 0 bridgehead atoms. The smallest absolute Gasteiger partial charge is 0.129 e. The number of fused-ring (bicyclic) bond motifs is 1. The van der Waals surface area contributed by atoms with Crippen LogP contribution in [0, 0.1) is 5.82 Å². The van der Waals surface area contributed by atoms with Crippen LogP contribution >= 0.6 is 0 Å². The van der Waals surface area contributed by atoms with Gasteiger partial charge in [0, 0.05) is 29.7 Å². The Morgan fingerprint density at radius 2 is 2.05 bits per heavy atom. The van der Waals surface area contributed by atoms with Crippen LogP contribution in [0.3, 0.4) is 0 Å². The summed E-state index contributed by atoms with van der Waals surface area (Å²) in [7, 11) is 0. The highest BCUT2D eigenvalue weighted by atomic mass is 19.1. The van der Waals surface area contributed by atoms with Crippen molar-refractivity contribution in [2.24, 2.45) is 5.73 Å². The highest BCUT2D eigenvalue weighted by Crippen LogP contribution is 2.42. The van der Waals surface area contributed by atoms with Crippen molar-refractivity contribution in [3.63, 3.8) is 0 Å². The molecule has 0 radical (unpaired) electrons. The van der Waals surface area contributed by atoms with E-state index in [2.05, 4.69) is 0 Å². The summed E-state index contributed by atoms with van der Waals surface area (Å²) in [5.74, 6) is 0.988. The summed E-state index contributed by atoms with van der Waals surface area (Å²) in [6.45, 7) is 2.52. The summed E-state index contributed by atoms with van der Waals surface area (Å²) in [6, 6.07) is 12.1. The molecule has 0 saturated heterocycles. The van der Waals surface area contributed by atoms with Crippen LogP contribution < -0.4 is 15.2 Å². The Balaban J connectivity index is 1.95. The van der Waals surface area contributed by atoms with Gasteiger partial charge in [-0.1, -0.05) is 24.3 Å². The first-order valence-corrected chi connectivity index (χ1v) is 7.12. The van der Waals surface area contributed by atoms with Gasteiger partial charge < -0.3 is 15.2 Å². The molecule has 0 amide bonds. The molecule has 2 aromatic carbocycles. The van der Waals surface area contributed by atoms with Gasteiger partial charge in [-0.05, 0) is 19.1 Å². The Bertz CT molecular complexity index is 644. The van der Waals surface area contributed by atoms with Crippen molar-refractivity contribution >= 4 is 0 Å². The van der Waals surface area contributed by atoms with Gasteiger partial charge in [-0.3, -0.25) is 0 Å². The average Bonchev–Trinajstić information content (AvgIpc) is 2.47. The lowest BCUT2D eigenvalue weighted by Crippen LogP contribution is -2.24. The highest BCUT2D eigenvalue weighted by molar-refractivity contribution is 5.42. The summed E-state index contributed by atoms with van der Waals surface area (Å²) in [4.78, 5) is 0. The Labute approximate surface area is 123 Å². The number of nitrogens with two attached hydrogens (primary N) is 1. The molecule has 2 aromatic rings. The minimum atomic E-state index is -0.320. The lowest BCUT2D eigenvalue weighted by atomic mass is 9.93. The van der Waals surface area contributed by atoms with Gasteiger partial charge in [0.1, 0.15) is 23.4 Å². The topological polar surface area (TPSA) is 44.5 Å². The van der Waals surface area contributed by atoms with Gasteiger partial charge in [0.2, 0.25) is 0 Å². The van der Waals surface area contributed by atoms with E-state index in [9.17, 15) is 4.39 Å². The number of hydrogen-bond donors (Lipinski definition) is 1. The second-order valence-corrected chi connectivity index (χ2v) is 5.10. The van der Waals surface area contributed by atoms with E-state index >= 15 is 0 Å². The Morgan fingerprint density at radius 1 is 1.24 bits per heavy atom. The molecule has 2 N–H and O–H groups in total. The van der Waals surface area contributed by atoms with Crippen LogP contribution in [0.5, 0.6) is 11.5 Å². The Morgan fingerprint density at radius 3 is 2.86 bits per heavy atom. The van der Waals surface area contributed by atoms with Crippen LogP contribution in [-0.2, 0) is 0 Å². The van der Waals surface area contributed by atoms with Gasteiger partial charge in [0.05, 0.1) is 6.61 Å². The van der Waals surface area contributed by atoms with E-state index in [1.54, 1.807) is 6.07 Å². The molecular formula is C17H18FNO2. The van der Waals surface area contributed by atoms with Crippen molar-refractivity contribution in [3.8, 4) is 11.5 Å². The normalized spacial score (nSPS) is 20.5. The Kier molecular flexibility index (Phi) is 3.80. The molecule has 3 nitrogen and oxygen atoms in total. The molecule has 0 spiro atoms. The monoisotopic (exact) mass is 287 g/mol. The summed E-state index contributed by atoms with van der Waals surface area (Å²) >= 11 is 0. The van der Waals surface area contributed by atoms with Gasteiger partial charge in [-0.25, -0.2) is 4.39 Å². The van der Waals surface area contributed by atoms with E-state index in [4.69, 9.17) is 15.2 Å². The number of benzene rings is 2. The number of para-hydroxylation sites is 1. The highest BCUT2D eigenvalue weighted by Gasteiger charge is 2.29. The first-order valence-electron chi connectivity index (χ1n) is 7.12. The predicted molar refractivity (Wildman–Crippen MR) is 78.9 cm³/mol. The summed E-state index contributed by atoms with van der Waals surface area (Å²) in [5, 5.41) is 0. The second kappa shape index (κ2) is 5.74. The summed E-state index contributed by atoms with van der Waals surface area (Å²) in [6.07, 6.45) is 0.417. The van der Waals surface area contributed by atoms with Crippen molar-refractivity contribution < 1.29 is 13.9 Å². The molecule has 1 heterocycles. The van der Waals surface area contributed by atoms with Crippen molar-refractivity contribution in [1.29, 1.82) is 0 Å². The van der Waals surface area contributed by atoms with Crippen LogP contribution in [0.15, 0.2) is 42.5 Å². The number of ether oxygens (including phenoxy) is 2. The van der Waals surface area contributed by atoms with Gasteiger partial charge >= 0.3 is 0 Å². The molecule has 110 valence electrons. The van der Waals surface area contributed by atoms with E-state index in [-0.39, 0.29) is 18.0 Å². The lowest BCUT2D eigenvalue weighted by Gasteiger charge is -2.31. The maximum absolute atomic E-state index is 13.4. The molecule has 1 unspecified atom stereocenters. The molecule has 0 aliphatic carbocycles. The number of halogens is 1. The SMILES string of the molecule is CCOc1ccccc1C1C[C@@H](N)c2ccc(F)cc2O1. The predicted octanol–water partition coefficient (Wildman–Crippen LogP) is 3.75. The minimum Gasteiger partial charge on any atom is -0.493 e. The molecule has 0 aromatic heterocycles. The second-order valence-electron chi connectivity index (χ2n) is 5.10. The third-order valence-corrected chi connectivity index (χ3v) is 3.68. The van der Waals surface area contributed by atoms with Crippen molar-refractivity contribution in [2.45, 2.75) is 25.5 Å². The lowest BCUT2D eigenvalue weighted by molar-refractivity contribution is 0.156. The summed E-state index contributed by atoms with van der Waals surface area (Å²) in [5.41, 5.74) is 8.00. The fourth-order valence-electron chi connectivity index (χ4n) is 2.70. The average molecular weight is 287 g/mol. The Hall–Kier alpha value is -2.07. The van der Waals surface area contributed by atoms with E-state index in [0.29, 0.717) is 18.8 Å². The van der Waals surface area contributed by atoms with Crippen LogP contribution in [0.2, 0.25) is 0 Å². The van der Waals surface area contributed by atoms with Gasteiger partial charge in [0.15, 0.2) is 0 Å². The molecule has 4 heteroatoms. The molecule has 1 aliphatic rings. The molecular weight excluding hydrogens is 269 g/mol. The third-order valence-electron chi connectivity index (χ3n) is 3.68. The number of hydrogen-bond acceptors (Lipinski definition) is 3. The van der Waals surface area contributed by atoms with Gasteiger partial charge in [0.25, 0.3) is 0 Å². The van der Waals surface area contributed by atoms with E-state index in [1.807, 2.05) is 31.2 Å². The first kappa shape index (κ1) is 13.9. The van der Waals surface area contributed by atoms with Crippen LogP contribution in [-0.4, -0.2) is 6.61 Å². The van der Waals surface area contributed by atoms with E-state index in [1.165, 1.54) is 12.1 Å². The standard InChI is InChI=1S/C17H18FNO2/c1-2-20-15-6-4-3-5-13(15)17-10-14(19)12-8-7-11(18)9-16(12)21-17/h3-9,14,17H,2,10,19H2,1H3/t14-,17?/m1/s1. The molecule has 3 rings (SSSR count). The van der Waals surface area contributed by atoms with Gasteiger partial charge in [-0.15, -0.1) is 0 Å². The fraction of sp³-hybridized carbons (Fsp3) is 0.294. The van der Waals surface area contributed by atoms with Crippen molar-refractivity contribution in [1.82, 2.24) is 0 Å². The zero-order chi connectivity index (χ0) is 14.8. The largest absolute Gasteiger partial charge is 0.493 e. The fourth-order valence-corrected chi connectivity index (χ4v) is 2.70. The van der Waals surface area contributed by atoms with Gasteiger partial charge in [-0.2, -0.15) is 0 Å². The van der Waals surface area contributed by atoms with E-state index in [0.717, 1.165) is 16.9 Å². The van der Waals surface area contributed by atoms with Crippen LogP contribution in [0.1, 0.15) is 36.6 Å². The molecule has 0 fully saturated rings. The summed E-state index contributed by atoms with van der Waals surface area (Å²) < 4.78 is 25.0. The van der Waals surface area contributed by atoms with Crippen LogP contribution in [0.25, 0.3) is 0 Å². The maximum atomic E-state index is 13.4. The zero-order valence-electron chi connectivity index (χ0n) is 11.9. The molecule has 21 heavy (non-hydrogen) atoms. The quantitative estimate of drug-likeness (QED) is 0.935. The van der Waals surface area contributed by atoms with Crippen molar-refractivity contribution in [3.05, 3.63) is 59.4 Å². The zero-order valence-corrected chi connectivity index (χ0v) is 11.9. The minimum absolute atomic E-state index is 0.172. The first-order chi connectivity index (χ1) is 10.2. The number of rotatable bonds is 3. The van der Waals surface area contributed by atoms with Crippen molar-refractivity contribution in [2.75, 3.05) is 6.61 Å². The molecule has 0 saturated carbocycles. The molecule has 2 atom stereocenters. The molecule has 1 aliphatic heterocycles. The maximum Gasteiger partial charge on any atom is 0.129 e.